The lowest BCUT2D eigenvalue weighted by molar-refractivity contribution is 0.103. The van der Waals surface area contributed by atoms with Crippen LogP contribution in [-0.2, 0) is 0 Å². The Morgan fingerprint density at radius 3 is 1.50 bits per heavy atom. The van der Waals surface area contributed by atoms with Gasteiger partial charge in [-0.3, -0.25) is 14.4 Å². The maximum absolute atomic E-state index is 13.1. The molecule has 0 aromatic heterocycles. The zero-order valence-electron chi connectivity index (χ0n) is 12.3. The summed E-state index contributed by atoms with van der Waals surface area (Å²) in [4.78, 5) is 39.3. The molecule has 4 rings (SSSR count). The molecule has 4 aliphatic rings. The minimum atomic E-state index is -0.486. The van der Waals surface area contributed by atoms with Gasteiger partial charge >= 0.3 is 0 Å². The molecule has 0 unspecified atom stereocenters. The molecule has 5 heteroatoms. The van der Waals surface area contributed by atoms with Crippen molar-refractivity contribution in [3.63, 3.8) is 0 Å². The number of carbonyl (C=O) groups is 1. The Morgan fingerprint density at radius 2 is 1.04 bits per heavy atom. The van der Waals surface area contributed by atoms with Crippen molar-refractivity contribution in [2.75, 3.05) is 0 Å². The molecule has 0 saturated heterocycles. The van der Waals surface area contributed by atoms with Crippen molar-refractivity contribution >= 4 is 28.5 Å². The average Bonchev–Trinajstić information content (AvgIpc) is 2.81. The number of thiophene rings is 2. The summed E-state index contributed by atoms with van der Waals surface area (Å²) < 4.78 is -0.611. The number of ketones is 1. The predicted octanol–water partition coefficient (Wildman–Crippen LogP) is 3.97. The van der Waals surface area contributed by atoms with Gasteiger partial charge < -0.3 is 0 Å². The van der Waals surface area contributed by atoms with Crippen LogP contribution in [0.4, 0.5) is 0 Å². The molecule has 0 aromatic carbocycles. The Balaban J connectivity index is 1.98. The van der Waals surface area contributed by atoms with E-state index in [1.807, 2.05) is 36.4 Å². The molecule has 0 N–H and O–H groups in total. The van der Waals surface area contributed by atoms with Crippen LogP contribution in [0.5, 0.6) is 0 Å². The first kappa shape index (κ1) is 14.9. The van der Waals surface area contributed by atoms with Crippen molar-refractivity contribution in [1.82, 2.24) is 0 Å². The second-order valence-electron chi connectivity index (χ2n) is 5.24. The van der Waals surface area contributed by atoms with Gasteiger partial charge in [-0.05, 0) is 12.1 Å². The second-order valence-corrected chi connectivity index (χ2v) is 7.26. The molecule has 0 amide bonds. The van der Waals surface area contributed by atoms with Gasteiger partial charge in [0.05, 0.1) is 11.1 Å². The standard InChI is InChI=1S/C19H10O3S2/c20-17(15-11-7-3-1-5-9-13(11)23-18(15)21)16-12-8-4-2-6-10-14(12)24-19(16)22/h1-10H. The van der Waals surface area contributed by atoms with E-state index >= 15 is 0 Å². The van der Waals surface area contributed by atoms with Crippen LogP contribution in [-0.4, -0.2) is 5.78 Å². The normalized spacial score (nSPS) is 11.0. The Morgan fingerprint density at radius 1 is 0.625 bits per heavy atom. The topological polar surface area (TPSA) is 51.2 Å². The van der Waals surface area contributed by atoms with Crippen LogP contribution < -0.4 is 9.48 Å². The van der Waals surface area contributed by atoms with Gasteiger partial charge in [0.15, 0.2) is 0 Å². The smallest absolute Gasteiger partial charge is 0.244 e. The molecule has 2 heterocycles. The van der Waals surface area contributed by atoms with E-state index in [0.29, 0.717) is 11.1 Å². The van der Waals surface area contributed by atoms with E-state index in [4.69, 9.17) is 0 Å². The lowest BCUT2D eigenvalue weighted by Crippen LogP contribution is -2.16. The fourth-order valence-corrected chi connectivity index (χ4v) is 4.59. The predicted molar refractivity (Wildman–Crippen MR) is 97.9 cm³/mol. The third-order valence-corrected chi connectivity index (χ3v) is 5.73. The summed E-state index contributed by atoms with van der Waals surface area (Å²) in [7, 11) is 0. The Labute approximate surface area is 145 Å². The van der Waals surface area contributed by atoms with E-state index < -0.39 is 5.78 Å². The lowest BCUT2D eigenvalue weighted by atomic mass is 9.99. The van der Waals surface area contributed by atoms with Gasteiger partial charge in [0.25, 0.3) is 0 Å². The van der Waals surface area contributed by atoms with Crippen molar-refractivity contribution in [3.05, 3.63) is 90.9 Å². The largest absolute Gasteiger partial charge is 0.288 e. The van der Waals surface area contributed by atoms with Crippen molar-refractivity contribution in [2.24, 2.45) is 0 Å². The zero-order chi connectivity index (χ0) is 16.7. The highest BCUT2D eigenvalue weighted by Crippen LogP contribution is 2.33. The molecule has 0 aromatic rings. The Hall–Kier alpha value is -2.63. The fraction of sp³-hybridized carbons (Fsp3) is 0. The first-order chi connectivity index (χ1) is 11.7. The van der Waals surface area contributed by atoms with Crippen molar-refractivity contribution in [1.29, 1.82) is 0 Å². The number of hydrogen-bond donors (Lipinski definition) is 0. The van der Waals surface area contributed by atoms with Crippen LogP contribution >= 0.6 is 22.7 Å². The molecular weight excluding hydrogens is 340 g/mol. The van der Waals surface area contributed by atoms with Gasteiger partial charge in [0.1, 0.15) is 0 Å². The fourth-order valence-electron chi connectivity index (χ4n) is 2.73. The van der Waals surface area contributed by atoms with E-state index in [-0.39, 0.29) is 20.6 Å². The van der Waals surface area contributed by atoms with E-state index in [1.165, 1.54) is 0 Å². The summed E-state index contributed by atoms with van der Waals surface area (Å²) in [6.07, 6.45) is 0. The number of fused-ring (bicyclic) bond motifs is 2. The average molecular weight is 350 g/mol. The Kier molecular flexibility index (Phi) is 3.59. The van der Waals surface area contributed by atoms with Crippen molar-refractivity contribution < 1.29 is 4.79 Å². The summed E-state index contributed by atoms with van der Waals surface area (Å²) in [6, 6.07) is 18.0. The summed E-state index contributed by atoms with van der Waals surface area (Å²) >= 11 is 2.06. The van der Waals surface area contributed by atoms with Gasteiger partial charge in [-0.15, -0.1) is 0 Å². The SMILES string of the molecule is O=C(c1c2cccccc-2sc1=O)c1c2cccccc-2sc1=O. The highest BCUT2D eigenvalue weighted by Gasteiger charge is 2.28. The van der Waals surface area contributed by atoms with Crippen LogP contribution in [0.3, 0.4) is 0 Å². The zero-order valence-corrected chi connectivity index (χ0v) is 13.9. The van der Waals surface area contributed by atoms with Crippen LogP contribution in [0.25, 0.3) is 20.9 Å². The molecule has 0 fully saturated rings. The minimum Gasteiger partial charge on any atom is -0.288 e. The van der Waals surface area contributed by atoms with Crippen LogP contribution in [0.1, 0.15) is 15.9 Å². The molecule has 0 saturated carbocycles. The van der Waals surface area contributed by atoms with Crippen LogP contribution in [0.2, 0.25) is 0 Å². The first-order valence-electron chi connectivity index (χ1n) is 7.25. The maximum Gasteiger partial charge on any atom is 0.244 e. The van der Waals surface area contributed by atoms with Gasteiger partial charge in [-0.1, -0.05) is 71.2 Å². The molecule has 2 aliphatic heterocycles. The monoisotopic (exact) mass is 350 g/mol. The molecule has 116 valence electrons. The van der Waals surface area contributed by atoms with Crippen LogP contribution in [0, 0.1) is 0 Å². The Bertz CT molecular complexity index is 1030. The van der Waals surface area contributed by atoms with Gasteiger partial charge in [0, 0.05) is 20.9 Å². The molecule has 0 bridgehead atoms. The van der Waals surface area contributed by atoms with E-state index in [1.54, 1.807) is 24.3 Å². The summed E-state index contributed by atoms with van der Waals surface area (Å²) in [6.45, 7) is 0. The molecule has 0 spiro atoms. The van der Waals surface area contributed by atoms with Gasteiger partial charge in [0.2, 0.25) is 15.3 Å². The molecular formula is C19H10O3S2. The van der Waals surface area contributed by atoms with Gasteiger partial charge in [-0.2, -0.15) is 0 Å². The highest BCUT2D eigenvalue weighted by atomic mass is 32.1. The molecule has 24 heavy (non-hydrogen) atoms. The minimum absolute atomic E-state index is 0.0921. The third-order valence-electron chi connectivity index (χ3n) is 3.80. The highest BCUT2D eigenvalue weighted by molar-refractivity contribution is 7.14. The van der Waals surface area contributed by atoms with E-state index in [2.05, 4.69) is 0 Å². The van der Waals surface area contributed by atoms with Gasteiger partial charge in [-0.25, -0.2) is 0 Å². The van der Waals surface area contributed by atoms with Crippen molar-refractivity contribution in [3.8, 4) is 20.9 Å². The second kappa shape index (κ2) is 5.78. The number of hydrogen-bond acceptors (Lipinski definition) is 5. The molecule has 0 radical (unpaired) electrons. The van der Waals surface area contributed by atoms with Crippen molar-refractivity contribution in [2.45, 2.75) is 0 Å². The number of rotatable bonds is 2. The first-order valence-corrected chi connectivity index (χ1v) is 8.88. The summed E-state index contributed by atoms with van der Waals surface area (Å²) in [5, 5.41) is 0. The van der Waals surface area contributed by atoms with Crippen LogP contribution in [0.15, 0.2) is 70.3 Å². The van der Waals surface area contributed by atoms with E-state index in [9.17, 15) is 14.4 Å². The van der Waals surface area contributed by atoms with E-state index in [0.717, 1.165) is 32.4 Å². The molecule has 0 atom stereocenters. The quantitative estimate of drug-likeness (QED) is 0.514. The number of carbonyl (C=O) groups excluding carboxylic acids is 1. The maximum atomic E-state index is 13.1. The summed E-state index contributed by atoms with van der Waals surface area (Å²) in [5.74, 6) is -0.486. The summed E-state index contributed by atoms with van der Waals surface area (Å²) in [5.41, 5.74) is 1.38. The molecule has 2 aliphatic carbocycles. The lowest BCUT2D eigenvalue weighted by Gasteiger charge is -2.00. The molecule has 3 nitrogen and oxygen atoms in total. The third kappa shape index (κ3) is 2.29.